The van der Waals surface area contributed by atoms with E-state index < -0.39 is 5.82 Å². The van der Waals surface area contributed by atoms with Gasteiger partial charge in [0.25, 0.3) is 5.88 Å². The van der Waals surface area contributed by atoms with Crippen molar-refractivity contribution in [3.63, 3.8) is 0 Å². The van der Waals surface area contributed by atoms with E-state index in [1.807, 2.05) is 6.92 Å². The Kier molecular flexibility index (Phi) is 5.52. The Labute approximate surface area is 131 Å². The maximum Gasteiger partial charge on any atom is 0.250 e. The van der Waals surface area contributed by atoms with E-state index in [1.54, 1.807) is 0 Å². The van der Waals surface area contributed by atoms with Gasteiger partial charge >= 0.3 is 0 Å². The number of rotatable bonds is 6. The minimum absolute atomic E-state index is 0.0933. The van der Waals surface area contributed by atoms with Crippen LogP contribution in [0.15, 0.2) is 18.6 Å². The van der Waals surface area contributed by atoms with Crippen LogP contribution >= 0.6 is 23.2 Å². The number of anilines is 1. The summed E-state index contributed by atoms with van der Waals surface area (Å²) >= 11 is 11.7. The second kappa shape index (κ2) is 7.38. The van der Waals surface area contributed by atoms with Gasteiger partial charge < -0.3 is 10.1 Å². The molecule has 0 radical (unpaired) electrons. The highest BCUT2D eigenvalue weighted by Gasteiger charge is 2.08. The minimum Gasteiger partial charge on any atom is -0.474 e. The fraction of sp³-hybridized carbons (Fsp3) is 0.308. The SMILES string of the molecule is CCc1ncnc(NCCOc2ncc(Cl)cc2F)c1Cl. The van der Waals surface area contributed by atoms with Gasteiger partial charge in [0.1, 0.15) is 23.8 Å². The Balaban J connectivity index is 1.87. The molecule has 2 rings (SSSR count). The van der Waals surface area contributed by atoms with Crippen molar-refractivity contribution in [1.29, 1.82) is 0 Å². The van der Waals surface area contributed by atoms with Gasteiger partial charge in [0, 0.05) is 6.20 Å². The molecule has 2 aromatic rings. The van der Waals surface area contributed by atoms with Crippen LogP contribution in [-0.4, -0.2) is 28.1 Å². The summed E-state index contributed by atoms with van der Waals surface area (Å²) in [6.45, 7) is 2.55. The molecule has 0 atom stereocenters. The summed E-state index contributed by atoms with van der Waals surface area (Å²) in [4.78, 5) is 11.9. The van der Waals surface area contributed by atoms with Crippen molar-refractivity contribution in [2.24, 2.45) is 0 Å². The van der Waals surface area contributed by atoms with Crippen LogP contribution in [0.1, 0.15) is 12.6 Å². The molecule has 0 saturated carbocycles. The molecule has 0 fully saturated rings. The third-order valence-electron chi connectivity index (χ3n) is 2.60. The monoisotopic (exact) mass is 330 g/mol. The van der Waals surface area contributed by atoms with Gasteiger partial charge in [-0.05, 0) is 12.5 Å². The van der Waals surface area contributed by atoms with Crippen LogP contribution in [0.4, 0.5) is 10.2 Å². The smallest absolute Gasteiger partial charge is 0.250 e. The van der Waals surface area contributed by atoms with Crippen LogP contribution in [0.25, 0.3) is 0 Å². The molecular weight excluding hydrogens is 318 g/mol. The Hall–Kier alpha value is -1.66. The van der Waals surface area contributed by atoms with Crippen molar-refractivity contribution in [3.8, 4) is 5.88 Å². The average molecular weight is 331 g/mol. The molecule has 0 aliphatic heterocycles. The van der Waals surface area contributed by atoms with Gasteiger partial charge in [-0.25, -0.2) is 19.3 Å². The highest BCUT2D eigenvalue weighted by Crippen LogP contribution is 2.22. The molecule has 5 nitrogen and oxygen atoms in total. The number of nitrogens with one attached hydrogen (secondary N) is 1. The predicted octanol–water partition coefficient (Wildman–Crippen LogP) is 3.37. The van der Waals surface area contributed by atoms with Crippen LogP contribution < -0.4 is 10.1 Å². The molecule has 0 bridgehead atoms. The Bertz CT molecular complexity index is 627. The summed E-state index contributed by atoms with van der Waals surface area (Å²) in [6, 6.07) is 1.14. The van der Waals surface area contributed by atoms with E-state index >= 15 is 0 Å². The third kappa shape index (κ3) is 4.15. The van der Waals surface area contributed by atoms with Crippen molar-refractivity contribution in [2.75, 3.05) is 18.5 Å². The van der Waals surface area contributed by atoms with Gasteiger partial charge in [0.05, 0.1) is 17.3 Å². The maximum absolute atomic E-state index is 13.4. The number of hydrogen-bond donors (Lipinski definition) is 1. The quantitative estimate of drug-likeness (QED) is 0.823. The third-order valence-corrected chi connectivity index (χ3v) is 3.21. The molecule has 1 N–H and O–H groups in total. The van der Waals surface area contributed by atoms with Gasteiger partial charge in [0.15, 0.2) is 5.82 Å². The molecule has 21 heavy (non-hydrogen) atoms. The highest BCUT2D eigenvalue weighted by atomic mass is 35.5. The molecule has 0 unspecified atom stereocenters. The minimum atomic E-state index is -0.601. The van der Waals surface area contributed by atoms with Crippen LogP contribution in [0.2, 0.25) is 10.0 Å². The summed E-state index contributed by atoms with van der Waals surface area (Å²) in [5.74, 6) is -0.170. The lowest BCUT2D eigenvalue weighted by molar-refractivity contribution is 0.301. The van der Waals surface area contributed by atoms with Crippen molar-refractivity contribution < 1.29 is 9.13 Å². The fourth-order valence-corrected chi connectivity index (χ4v) is 2.04. The van der Waals surface area contributed by atoms with Crippen LogP contribution in [0.3, 0.4) is 0 Å². The summed E-state index contributed by atoms with van der Waals surface area (Å²) in [5.41, 5.74) is 0.764. The zero-order valence-corrected chi connectivity index (χ0v) is 12.7. The van der Waals surface area contributed by atoms with E-state index in [2.05, 4.69) is 20.3 Å². The number of pyridine rings is 1. The number of nitrogens with zero attached hydrogens (tertiary/aromatic N) is 3. The molecule has 112 valence electrons. The predicted molar refractivity (Wildman–Crippen MR) is 79.6 cm³/mol. The number of ether oxygens (including phenoxy) is 1. The molecule has 8 heteroatoms. The molecule has 0 spiro atoms. The zero-order valence-electron chi connectivity index (χ0n) is 11.2. The van der Waals surface area contributed by atoms with Crippen LogP contribution in [0.5, 0.6) is 5.88 Å². The number of aryl methyl sites for hydroxylation is 1. The first-order valence-corrected chi connectivity index (χ1v) is 7.04. The molecule has 0 saturated heterocycles. The largest absolute Gasteiger partial charge is 0.474 e. The van der Waals surface area contributed by atoms with E-state index in [1.165, 1.54) is 12.5 Å². The fourth-order valence-electron chi connectivity index (χ4n) is 1.60. The van der Waals surface area contributed by atoms with E-state index in [9.17, 15) is 4.39 Å². The Morgan fingerprint density at radius 1 is 1.29 bits per heavy atom. The normalized spacial score (nSPS) is 10.5. The van der Waals surface area contributed by atoms with Crippen molar-refractivity contribution in [3.05, 3.63) is 40.1 Å². The van der Waals surface area contributed by atoms with Gasteiger partial charge in [-0.3, -0.25) is 0 Å². The molecule has 2 aromatic heterocycles. The van der Waals surface area contributed by atoms with Gasteiger partial charge in [-0.15, -0.1) is 0 Å². The number of halogens is 3. The lowest BCUT2D eigenvalue weighted by Crippen LogP contribution is -2.14. The zero-order chi connectivity index (χ0) is 15.2. The second-order valence-corrected chi connectivity index (χ2v) is 4.87. The summed E-state index contributed by atoms with van der Waals surface area (Å²) in [6.07, 6.45) is 3.48. The van der Waals surface area contributed by atoms with E-state index in [4.69, 9.17) is 27.9 Å². The summed E-state index contributed by atoms with van der Waals surface area (Å²) in [5, 5.41) is 3.71. The molecule has 2 heterocycles. The topological polar surface area (TPSA) is 59.9 Å². The Morgan fingerprint density at radius 2 is 2.10 bits per heavy atom. The highest BCUT2D eigenvalue weighted by molar-refractivity contribution is 6.33. The first kappa shape index (κ1) is 15.7. The maximum atomic E-state index is 13.4. The summed E-state index contributed by atoms with van der Waals surface area (Å²) in [7, 11) is 0. The number of hydrogen-bond acceptors (Lipinski definition) is 5. The first-order valence-electron chi connectivity index (χ1n) is 6.29. The van der Waals surface area contributed by atoms with Gasteiger partial charge in [0.2, 0.25) is 0 Å². The standard InChI is InChI=1S/C13H13Cl2FN4O/c1-2-10-11(15)12(20-7-19-10)17-3-4-21-13-9(16)5-8(14)6-18-13/h5-7H,2-4H2,1H3,(H,17,19,20). The lowest BCUT2D eigenvalue weighted by atomic mass is 10.3. The lowest BCUT2D eigenvalue weighted by Gasteiger charge is -2.10. The van der Waals surface area contributed by atoms with Crippen molar-refractivity contribution >= 4 is 29.0 Å². The number of aromatic nitrogens is 3. The van der Waals surface area contributed by atoms with E-state index in [0.29, 0.717) is 23.8 Å². The van der Waals surface area contributed by atoms with E-state index in [-0.39, 0.29) is 17.5 Å². The van der Waals surface area contributed by atoms with Gasteiger partial charge in [-0.1, -0.05) is 30.1 Å². The molecule has 0 aromatic carbocycles. The first-order chi connectivity index (χ1) is 10.1. The molecular formula is C13H13Cl2FN4O. The summed E-state index contributed by atoms with van der Waals surface area (Å²) < 4.78 is 18.6. The van der Waals surface area contributed by atoms with Crippen LogP contribution in [0, 0.1) is 5.82 Å². The van der Waals surface area contributed by atoms with E-state index in [0.717, 1.165) is 11.8 Å². The molecule has 0 aliphatic rings. The van der Waals surface area contributed by atoms with Crippen LogP contribution in [-0.2, 0) is 6.42 Å². The van der Waals surface area contributed by atoms with Crippen molar-refractivity contribution in [2.45, 2.75) is 13.3 Å². The van der Waals surface area contributed by atoms with Crippen molar-refractivity contribution in [1.82, 2.24) is 15.0 Å². The molecule has 0 aliphatic carbocycles. The van der Waals surface area contributed by atoms with Gasteiger partial charge in [-0.2, -0.15) is 0 Å². The molecule has 0 amide bonds. The second-order valence-electron chi connectivity index (χ2n) is 4.05. The Morgan fingerprint density at radius 3 is 2.81 bits per heavy atom. The average Bonchev–Trinajstić information content (AvgIpc) is 2.47.